The van der Waals surface area contributed by atoms with Crippen molar-refractivity contribution < 1.29 is 39.4 Å². The Balaban J connectivity index is 0.000000980. The number of hydrogen-bond acceptors (Lipinski definition) is 1. The zero-order chi connectivity index (χ0) is 9.10. The normalized spacial score (nSPS) is 16.3. The monoisotopic (exact) mass is 253 g/mol. The second-order valence-electron chi connectivity index (χ2n) is 3.32. The molecule has 2 rings (SSSR count). The molecule has 3 nitrogen and oxygen atoms in total. The van der Waals surface area contributed by atoms with Crippen LogP contribution in [0, 0.1) is 5.95 Å². The number of piperazine rings is 1. The average molecular weight is 254 g/mol. The molecule has 15 heavy (non-hydrogen) atoms. The van der Waals surface area contributed by atoms with Crippen LogP contribution in [0.15, 0.2) is 18.2 Å². The van der Waals surface area contributed by atoms with E-state index in [0.29, 0.717) is 0 Å². The van der Waals surface area contributed by atoms with E-state index in [1.165, 1.54) is 11.0 Å². The first-order chi connectivity index (χ1) is 6.36. The molecule has 0 saturated carbocycles. The van der Waals surface area contributed by atoms with Crippen LogP contribution < -0.4 is 35.0 Å². The lowest BCUT2D eigenvalue weighted by atomic mass is 10.3. The number of nitrogens with zero attached hydrogens (tertiary/aromatic N) is 1. The molecule has 1 aliphatic rings. The van der Waals surface area contributed by atoms with Gasteiger partial charge in [-0.3, -0.25) is 4.90 Å². The minimum Gasteiger partial charge on any atom is -1.00 e. The van der Waals surface area contributed by atoms with Crippen LogP contribution in [-0.2, 0) is 0 Å². The summed E-state index contributed by atoms with van der Waals surface area (Å²) in [4.78, 5) is 5.17. The van der Waals surface area contributed by atoms with Crippen molar-refractivity contribution in [1.82, 2.24) is 4.98 Å². The molecular formula is C9H14Cl2FN3. The van der Waals surface area contributed by atoms with Gasteiger partial charge >= 0.3 is 0 Å². The first-order valence-electron chi connectivity index (χ1n) is 4.65. The summed E-state index contributed by atoms with van der Waals surface area (Å²) in [5.74, 6) is 0.465. The second-order valence-corrected chi connectivity index (χ2v) is 3.32. The summed E-state index contributed by atoms with van der Waals surface area (Å²) in [5.41, 5.74) is 0. The third-order valence-electron chi connectivity index (χ3n) is 2.38. The van der Waals surface area contributed by atoms with Crippen molar-refractivity contribution in [2.45, 2.75) is 0 Å². The molecule has 86 valence electrons. The van der Waals surface area contributed by atoms with E-state index in [1.807, 2.05) is 6.07 Å². The van der Waals surface area contributed by atoms with E-state index in [0.717, 1.165) is 32.0 Å². The maximum absolute atomic E-state index is 12.8. The first-order valence-corrected chi connectivity index (χ1v) is 4.65. The number of pyridine rings is 1. The average Bonchev–Trinajstić information content (AvgIpc) is 2.19. The Kier molecular flexibility index (Phi) is 6.76. The molecule has 0 radical (unpaired) electrons. The minimum absolute atomic E-state index is 0. The smallest absolute Gasteiger partial charge is 0.228 e. The van der Waals surface area contributed by atoms with Crippen LogP contribution in [0.4, 0.5) is 10.2 Å². The molecule has 6 heteroatoms. The van der Waals surface area contributed by atoms with Gasteiger partial charge < -0.3 is 30.1 Å². The van der Waals surface area contributed by atoms with Crippen LogP contribution in [0.1, 0.15) is 0 Å². The number of nitrogens with one attached hydrogen (secondary N) is 1. The van der Waals surface area contributed by atoms with Gasteiger partial charge in [-0.2, -0.15) is 9.37 Å². The number of quaternary nitrogens is 2. The summed E-state index contributed by atoms with van der Waals surface area (Å²) in [6.45, 7) is 4.29. The number of hydrogen-bond donors (Lipinski definition) is 2. The summed E-state index contributed by atoms with van der Waals surface area (Å²) < 4.78 is 12.8. The maximum Gasteiger partial charge on any atom is 0.228 e. The number of halogens is 3. The molecule has 1 aromatic rings. The quantitative estimate of drug-likeness (QED) is 0.480. The zero-order valence-electron chi connectivity index (χ0n) is 8.22. The topological polar surface area (TPSA) is 33.9 Å². The Labute approximate surface area is 101 Å². The summed E-state index contributed by atoms with van der Waals surface area (Å²) in [7, 11) is 0. The van der Waals surface area contributed by atoms with Crippen molar-refractivity contribution in [3.05, 3.63) is 24.1 Å². The molecule has 2 heterocycles. The molecule has 0 aliphatic carbocycles. The highest BCUT2D eigenvalue weighted by Crippen LogP contribution is 1.97. The van der Waals surface area contributed by atoms with E-state index in [4.69, 9.17) is 0 Å². The fraction of sp³-hybridized carbons (Fsp3) is 0.444. The number of nitrogens with two attached hydrogens (primary N) is 1. The van der Waals surface area contributed by atoms with Gasteiger partial charge in [0, 0.05) is 6.07 Å². The predicted octanol–water partition coefficient (Wildman–Crippen LogP) is -7.68. The van der Waals surface area contributed by atoms with Gasteiger partial charge in [-0.1, -0.05) is 6.07 Å². The van der Waals surface area contributed by atoms with Crippen molar-refractivity contribution in [2.24, 2.45) is 0 Å². The molecule has 1 fully saturated rings. The lowest BCUT2D eigenvalue weighted by Crippen LogP contribution is -3.17. The van der Waals surface area contributed by atoms with Gasteiger partial charge in [0.15, 0.2) is 0 Å². The summed E-state index contributed by atoms with van der Waals surface area (Å²) in [6, 6.07) is 5.01. The lowest BCUT2D eigenvalue weighted by molar-refractivity contribution is -0.897. The highest BCUT2D eigenvalue weighted by atomic mass is 35.5. The van der Waals surface area contributed by atoms with Gasteiger partial charge in [0.05, 0.1) is 0 Å². The number of aromatic nitrogens is 1. The molecule has 0 amide bonds. The molecule has 1 aliphatic heterocycles. The van der Waals surface area contributed by atoms with Crippen molar-refractivity contribution in [1.29, 1.82) is 0 Å². The first kappa shape index (κ1) is 14.6. The van der Waals surface area contributed by atoms with Gasteiger partial charge in [0.25, 0.3) is 0 Å². The van der Waals surface area contributed by atoms with Crippen LogP contribution >= 0.6 is 0 Å². The highest BCUT2D eigenvalue weighted by Gasteiger charge is 2.19. The van der Waals surface area contributed by atoms with Crippen LogP contribution in [0.2, 0.25) is 0 Å². The molecule has 0 bridgehead atoms. The largest absolute Gasteiger partial charge is 1.00 e. The molecule has 0 atom stereocenters. The van der Waals surface area contributed by atoms with Crippen molar-refractivity contribution in [3.63, 3.8) is 0 Å². The fourth-order valence-electron chi connectivity index (χ4n) is 1.68. The minimum atomic E-state index is -0.375. The second kappa shape index (κ2) is 6.95. The number of rotatable bonds is 1. The van der Waals surface area contributed by atoms with Crippen LogP contribution in [0.25, 0.3) is 0 Å². The van der Waals surface area contributed by atoms with Crippen molar-refractivity contribution >= 4 is 5.82 Å². The molecule has 1 aromatic heterocycles. The summed E-state index contributed by atoms with van der Waals surface area (Å²) >= 11 is 0. The Morgan fingerprint density at radius 1 is 1.20 bits per heavy atom. The SMILES string of the molecule is Fc1cccc([NH+]2CC[NH2+]CC2)n1.[Cl-].[Cl-]. The van der Waals surface area contributed by atoms with Crippen LogP contribution in [0.5, 0.6) is 0 Å². The predicted molar refractivity (Wildman–Crippen MR) is 46.2 cm³/mol. The van der Waals surface area contributed by atoms with E-state index >= 15 is 0 Å². The molecule has 0 spiro atoms. The van der Waals surface area contributed by atoms with Gasteiger partial charge in [-0.25, -0.2) is 0 Å². The summed E-state index contributed by atoms with van der Waals surface area (Å²) in [5, 5.41) is 2.28. The third kappa shape index (κ3) is 3.91. The Hall–Kier alpha value is -0.420. The van der Waals surface area contributed by atoms with Crippen molar-refractivity contribution in [2.75, 3.05) is 26.2 Å². The van der Waals surface area contributed by atoms with E-state index < -0.39 is 0 Å². The Bertz CT molecular complexity index is 292. The standard InChI is InChI=1S/C9H12FN3.2ClH/c10-8-2-1-3-9(12-8)13-6-4-11-5-7-13;;/h1-3,11H,4-7H2;2*1H. The molecular weight excluding hydrogens is 240 g/mol. The van der Waals surface area contributed by atoms with Crippen LogP contribution in [-0.4, -0.2) is 31.2 Å². The lowest BCUT2D eigenvalue weighted by Gasteiger charge is -2.20. The van der Waals surface area contributed by atoms with E-state index in [1.54, 1.807) is 6.07 Å². The van der Waals surface area contributed by atoms with E-state index in [2.05, 4.69) is 10.3 Å². The van der Waals surface area contributed by atoms with Gasteiger partial charge in [0.2, 0.25) is 11.8 Å². The van der Waals surface area contributed by atoms with Gasteiger partial charge in [-0.15, -0.1) is 0 Å². The fourth-order valence-corrected chi connectivity index (χ4v) is 1.68. The van der Waals surface area contributed by atoms with Crippen molar-refractivity contribution in [3.8, 4) is 0 Å². The summed E-state index contributed by atoms with van der Waals surface area (Å²) in [6.07, 6.45) is 0. The molecule has 1 saturated heterocycles. The van der Waals surface area contributed by atoms with E-state index in [9.17, 15) is 4.39 Å². The van der Waals surface area contributed by atoms with Gasteiger partial charge in [0.1, 0.15) is 26.2 Å². The molecule has 0 aromatic carbocycles. The Morgan fingerprint density at radius 3 is 2.47 bits per heavy atom. The zero-order valence-corrected chi connectivity index (χ0v) is 9.73. The highest BCUT2D eigenvalue weighted by molar-refractivity contribution is 5.17. The molecule has 0 unspecified atom stereocenters. The van der Waals surface area contributed by atoms with Crippen LogP contribution in [0.3, 0.4) is 0 Å². The Morgan fingerprint density at radius 2 is 1.87 bits per heavy atom. The van der Waals surface area contributed by atoms with Gasteiger partial charge in [-0.05, 0) is 6.07 Å². The maximum atomic E-state index is 12.8. The molecule has 3 N–H and O–H groups in total. The third-order valence-corrected chi connectivity index (χ3v) is 2.38. The van der Waals surface area contributed by atoms with E-state index in [-0.39, 0.29) is 30.8 Å².